The third-order valence-corrected chi connectivity index (χ3v) is 3.84. The van der Waals surface area contributed by atoms with Crippen molar-refractivity contribution in [3.8, 4) is 0 Å². The average Bonchev–Trinajstić information content (AvgIpc) is 2.80. The molecule has 1 saturated heterocycles. The standard InChI is InChI=1S/C15H16N4O2/c16-13-4-2-10-7-9(1-3-12(10)18-13)8-11-5-6-19(14(11)20)15(17)21/h1-4,7,11H,5-6,8H2,(H2,16,18)(H2,17,21). The Hall–Kier alpha value is -2.63. The summed E-state index contributed by atoms with van der Waals surface area (Å²) in [6.45, 7) is 0.407. The number of nitrogen functional groups attached to an aromatic ring is 1. The molecule has 1 atom stereocenters. The van der Waals surface area contributed by atoms with E-state index in [0.29, 0.717) is 25.2 Å². The first-order chi connectivity index (χ1) is 10.0. The molecule has 1 aromatic carbocycles. The number of rotatable bonds is 2. The highest BCUT2D eigenvalue weighted by atomic mass is 16.2. The summed E-state index contributed by atoms with van der Waals surface area (Å²) in [7, 11) is 0. The van der Waals surface area contributed by atoms with Crippen molar-refractivity contribution in [1.29, 1.82) is 0 Å². The molecule has 1 fully saturated rings. The minimum absolute atomic E-state index is 0.182. The van der Waals surface area contributed by atoms with Crippen LogP contribution in [-0.4, -0.2) is 28.4 Å². The molecule has 3 amide bonds. The summed E-state index contributed by atoms with van der Waals surface area (Å²) in [5.41, 5.74) is 12.7. The third-order valence-electron chi connectivity index (χ3n) is 3.84. The van der Waals surface area contributed by atoms with Gasteiger partial charge in [0.2, 0.25) is 5.91 Å². The second-order valence-corrected chi connectivity index (χ2v) is 5.28. The van der Waals surface area contributed by atoms with Crippen LogP contribution in [0, 0.1) is 5.92 Å². The van der Waals surface area contributed by atoms with Gasteiger partial charge in [-0.15, -0.1) is 0 Å². The van der Waals surface area contributed by atoms with Gasteiger partial charge in [-0.3, -0.25) is 9.69 Å². The SMILES string of the molecule is NC(=O)N1CCC(Cc2ccc3nc(N)ccc3c2)C1=O. The maximum atomic E-state index is 12.1. The van der Waals surface area contributed by atoms with E-state index in [1.165, 1.54) is 0 Å². The van der Waals surface area contributed by atoms with E-state index in [2.05, 4.69) is 4.98 Å². The van der Waals surface area contributed by atoms with Crippen molar-refractivity contribution >= 4 is 28.7 Å². The molecule has 3 rings (SSSR count). The molecule has 0 spiro atoms. The topological polar surface area (TPSA) is 102 Å². The predicted octanol–water partition coefficient (Wildman–Crippen LogP) is 1.29. The van der Waals surface area contributed by atoms with E-state index in [1.54, 1.807) is 6.07 Å². The Kier molecular flexibility index (Phi) is 3.21. The Morgan fingerprint density at radius 2 is 2.14 bits per heavy atom. The molecule has 2 heterocycles. The Bertz CT molecular complexity index is 729. The van der Waals surface area contributed by atoms with Crippen LogP contribution in [0.4, 0.5) is 10.6 Å². The molecular weight excluding hydrogens is 268 g/mol. The number of aromatic nitrogens is 1. The first kappa shape index (κ1) is 13.4. The smallest absolute Gasteiger partial charge is 0.321 e. The number of hydrogen-bond acceptors (Lipinski definition) is 4. The first-order valence-corrected chi connectivity index (χ1v) is 6.80. The molecule has 1 unspecified atom stereocenters. The number of hydrogen-bond donors (Lipinski definition) is 2. The number of nitrogens with zero attached hydrogens (tertiary/aromatic N) is 2. The van der Waals surface area contributed by atoms with Gasteiger partial charge in [0.1, 0.15) is 5.82 Å². The Balaban J connectivity index is 1.81. The van der Waals surface area contributed by atoms with Crippen LogP contribution in [0.15, 0.2) is 30.3 Å². The number of benzene rings is 1. The Morgan fingerprint density at radius 3 is 2.86 bits per heavy atom. The second kappa shape index (κ2) is 5.05. The molecule has 2 aromatic rings. The van der Waals surface area contributed by atoms with E-state index in [9.17, 15) is 9.59 Å². The molecule has 21 heavy (non-hydrogen) atoms. The molecule has 6 heteroatoms. The fraction of sp³-hybridized carbons (Fsp3) is 0.267. The maximum absolute atomic E-state index is 12.1. The minimum Gasteiger partial charge on any atom is -0.384 e. The fourth-order valence-electron chi connectivity index (χ4n) is 2.75. The zero-order chi connectivity index (χ0) is 15.0. The molecule has 0 radical (unpaired) electrons. The van der Waals surface area contributed by atoms with Crippen molar-refractivity contribution in [1.82, 2.24) is 9.88 Å². The Morgan fingerprint density at radius 1 is 1.33 bits per heavy atom. The molecule has 1 aromatic heterocycles. The summed E-state index contributed by atoms with van der Waals surface area (Å²) in [5.74, 6) is 0.119. The predicted molar refractivity (Wildman–Crippen MR) is 79.3 cm³/mol. The summed E-state index contributed by atoms with van der Waals surface area (Å²) in [5, 5.41) is 0.985. The van der Waals surface area contributed by atoms with Crippen LogP contribution < -0.4 is 11.5 Å². The van der Waals surface area contributed by atoms with Gasteiger partial charge in [-0.1, -0.05) is 6.07 Å². The van der Waals surface area contributed by atoms with E-state index in [4.69, 9.17) is 11.5 Å². The summed E-state index contributed by atoms with van der Waals surface area (Å²) in [6, 6.07) is 8.83. The molecule has 1 aliphatic heterocycles. The van der Waals surface area contributed by atoms with Crippen LogP contribution in [0.5, 0.6) is 0 Å². The highest BCUT2D eigenvalue weighted by Crippen LogP contribution is 2.24. The lowest BCUT2D eigenvalue weighted by Crippen LogP contribution is -2.38. The van der Waals surface area contributed by atoms with Crippen LogP contribution in [0.3, 0.4) is 0 Å². The van der Waals surface area contributed by atoms with Crippen LogP contribution in [-0.2, 0) is 11.2 Å². The molecule has 4 N–H and O–H groups in total. The largest absolute Gasteiger partial charge is 0.384 e. The zero-order valence-electron chi connectivity index (χ0n) is 11.5. The number of amides is 3. The number of nitrogens with two attached hydrogens (primary N) is 2. The lowest BCUT2D eigenvalue weighted by molar-refractivity contribution is -0.128. The molecule has 6 nitrogen and oxygen atoms in total. The summed E-state index contributed by atoms with van der Waals surface area (Å²) in [4.78, 5) is 28.5. The number of pyridine rings is 1. The normalized spacial score (nSPS) is 18.4. The van der Waals surface area contributed by atoms with Crippen molar-refractivity contribution in [3.63, 3.8) is 0 Å². The van der Waals surface area contributed by atoms with Crippen molar-refractivity contribution in [2.75, 3.05) is 12.3 Å². The van der Waals surface area contributed by atoms with E-state index < -0.39 is 6.03 Å². The number of fused-ring (bicyclic) bond motifs is 1. The summed E-state index contributed by atoms with van der Waals surface area (Å²) < 4.78 is 0. The van der Waals surface area contributed by atoms with Gasteiger partial charge in [-0.05, 0) is 42.7 Å². The molecule has 108 valence electrons. The van der Waals surface area contributed by atoms with Crippen LogP contribution in [0.2, 0.25) is 0 Å². The number of carbonyl (C=O) groups excluding carboxylic acids is 2. The van der Waals surface area contributed by atoms with Crippen molar-refractivity contribution in [3.05, 3.63) is 35.9 Å². The van der Waals surface area contributed by atoms with Gasteiger partial charge in [0, 0.05) is 17.8 Å². The highest BCUT2D eigenvalue weighted by Gasteiger charge is 2.34. The maximum Gasteiger partial charge on any atom is 0.321 e. The number of imide groups is 1. The van der Waals surface area contributed by atoms with Gasteiger partial charge >= 0.3 is 6.03 Å². The van der Waals surface area contributed by atoms with Crippen LogP contribution in [0.25, 0.3) is 10.9 Å². The van der Waals surface area contributed by atoms with Gasteiger partial charge in [0.05, 0.1) is 5.52 Å². The summed E-state index contributed by atoms with van der Waals surface area (Å²) >= 11 is 0. The van der Waals surface area contributed by atoms with Crippen LogP contribution >= 0.6 is 0 Å². The first-order valence-electron chi connectivity index (χ1n) is 6.80. The molecular formula is C15H16N4O2. The average molecular weight is 284 g/mol. The minimum atomic E-state index is -0.666. The molecule has 0 bridgehead atoms. The van der Waals surface area contributed by atoms with Gasteiger partial charge in [0.25, 0.3) is 0 Å². The summed E-state index contributed by atoms with van der Waals surface area (Å²) in [6.07, 6.45) is 1.25. The van der Waals surface area contributed by atoms with E-state index in [0.717, 1.165) is 21.4 Å². The van der Waals surface area contributed by atoms with E-state index in [-0.39, 0.29) is 11.8 Å². The lowest BCUT2D eigenvalue weighted by Gasteiger charge is -2.12. The number of primary amides is 1. The van der Waals surface area contributed by atoms with Crippen molar-refractivity contribution < 1.29 is 9.59 Å². The number of anilines is 1. The lowest BCUT2D eigenvalue weighted by atomic mass is 9.97. The van der Waals surface area contributed by atoms with Crippen molar-refractivity contribution in [2.45, 2.75) is 12.8 Å². The quantitative estimate of drug-likeness (QED) is 0.867. The van der Waals surface area contributed by atoms with Gasteiger partial charge in [0.15, 0.2) is 0 Å². The van der Waals surface area contributed by atoms with E-state index >= 15 is 0 Å². The molecule has 1 aliphatic rings. The van der Waals surface area contributed by atoms with Crippen molar-refractivity contribution in [2.24, 2.45) is 11.7 Å². The van der Waals surface area contributed by atoms with Gasteiger partial charge < -0.3 is 11.5 Å². The third kappa shape index (κ3) is 2.52. The molecule has 0 aliphatic carbocycles. The molecule has 0 saturated carbocycles. The number of urea groups is 1. The van der Waals surface area contributed by atoms with Gasteiger partial charge in [-0.25, -0.2) is 9.78 Å². The second-order valence-electron chi connectivity index (χ2n) is 5.28. The number of likely N-dealkylation sites (tertiary alicyclic amines) is 1. The highest BCUT2D eigenvalue weighted by molar-refractivity contribution is 5.96. The fourth-order valence-corrected chi connectivity index (χ4v) is 2.75. The van der Waals surface area contributed by atoms with Crippen LogP contribution in [0.1, 0.15) is 12.0 Å². The monoisotopic (exact) mass is 284 g/mol. The van der Waals surface area contributed by atoms with E-state index in [1.807, 2.05) is 24.3 Å². The van der Waals surface area contributed by atoms with Gasteiger partial charge in [-0.2, -0.15) is 0 Å². The zero-order valence-corrected chi connectivity index (χ0v) is 11.5. The Labute approximate surface area is 121 Å². The number of carbonyl (C=O) groups is 2.